The van der Waals surface area contributed by atoms with E-state index in [0.717, 1.165) is 25.3 Å². The molecule has 1 saturated heterocycles. The van der Waals surface area contributed by atoms with Gasteiger partial charge in [0, 0.05) is 18.2 Å². The second-order valence-electron chi connectivity index (χ2n) is 7.46. The molecule has 6 heteroatoms. The second-order valence-corrected chi connectivity index (χ2v) is 7.46. The molecule has 1 fully saturated rings. The third kappa shape index (κ3) is 3.70. The van der Waals surface area contributed by atoms with Crippen LogP contribution in [0.2, 0.25) is 0 Å². The standard InChI is InChI=1S/C20H26N6/c1-15(2)19-11-20(24-23-19)17-7-9-25(10-8-17)12-16-3-5-18(6-4-16)26-14-21-13-22-26/h3-6,11,13-15,17H,7-10,12H2,1-2H3,(H,23,24). The van der Waals surface area contributed by atoms with Crippen molar-refractivity contribution in [2.75, 3.05) is 13.1 Å². The first-order chi connectivity index (χ1) is 12.7. The maximum Gasteiger partial charge on any atom is 0.138 e. The number of rotatable bonds is 5. The number of benzene rings is 1. The number of H-pyrrole nitrogens is 1. The van der Waals surface area contributed by atoms with Gasteiger partial charge in [0.2, 0.25) is 0 Å². The van der Waals surface area contributed by atoms with Crippen LogP contribution in [0, 0.1) is 0 Å². The number of aromatic amines is 1. The van der Waals surface area contributed by atoms with Crippen molar-refractivity contribution in [1.82, 2.24) is 29.9 Å². The zero-order chi connectivity index (χ0) is 17.9. The van der Waals surface area contributed by atoms with Crippen molar-refractivity contribution in [1.29, 1.82) is 0 Å². The van der Waals surface area contributed by atoms with Gasteiger partial charge in [0.15, 0.2) is 0 Å². The molecule has 3 aromatic rings. The molecule has 0 saturated carbocycles. The number of nitrogens with one attached hydrogen (secondary N) is 1. The van der Waals surface area contributed by atoms with E-state index in [9.17, 15) is 0 Å². The van der Waals surface area contributed by atoms with Gasteiger partial charge >= 0.3 is 0 Å². The van der Waals surface area contributed by atoms with Gasteiger partial charge in [-0.25, -0.2) is 9.67 Å². The fourth-order valence-corrected chi connectivity index (χ4v) is 3.61. The summed E-state index contributed by atoms with van der Waals surface area (Å²) in [4.78, 5) is 6.54. The Kier molecular flexibility index (Phi) is 4.84. The molecule has 1 aromatic carbocycles. The zero-order valence-corrected chi connectivity index (χ0v) is 15.5. The van der Waals surface area contributed by atoms with Crippen molar-refractivity contribution >= 4 is 0 Å². The van der Waals surface area contributed by atoms with Crippen LogP contribution in [0.4, 0.5) is 0 Å². The Morgan fingerprint density at radius 3 is 2.54 bits per heavy atom. The van der Waals surface area contributed by atoms with Crippen LogP contribution >= 0.6 is 0 Å². The van der Waals surface area contributed by atoms with Gasteiger partial charge in [-0.1, -0.05) is 26.0 Å². The van der Waals surface area contributed by atoms with Crippen LogP contribution in [0.3, 0.4) is 0 Å². The second kappa shape index (κ2) is 7.41. The lowest BCUT2D eigenvalue weighted by atomic mass is 9.92. The van der Waals surface area contributed by atoms with E-state index >= 15 is 0 Å². The molecular formula is C20H26N6. The summed E-state index contributed by atoms with van der Waals surface area (Å²) in [5.74, 6) is 1.10. The van der Waals surface area contributed by atoms with Gasteiger partial charge in [-0.3, -0.25) is 10.00 Å². The first-order valence-corrected chi connectivity index (χ1v) is 9.40. The van der Waals surface area contributed by atoms with Crippen LogP contribution in [-0.2, 0) is 6.54 Å². The summed E-state index contributed by atoms with van der Waals surface area (Å²) in [6, 6.07) is 10.8. The van der Waals surface area contributed by atoms with E-state index in [4.69, 9.17) is 0 Å². The van der Waals surface area contributed by atoms with Crippen LogP contribution in [0.25, 0.3) is 5.69 Å². The first kappa shape index (κ1) is 17.0. The fraction of sp³-hybridized carbons (Fsp3) is 0.450. The molecule has 0 bridgehead atoms. The summed E-state index contributed by atoms with van der Waals surface area (Å²) in [5.41, 5.74) is 4.88. The van der Waals surface area contributed by atoms with E-state index in [-0.39, 0.29) is 0 Å². The lowest BCUT2D eigenvalue weighted by Gasteiger charge is -2.31. The highest BCUT2D eigenvalue weighted by molar-refractivity contribution is 5.33. The van der Waals surface area contributed by atoms with Crippen molar-refractivity contribution < 1.29 is 0 Å². The van der Waals surface area contributed by atoms with Gasteiger partial charge in [0.1, 0.15) is 12.7 Å². The first-order valence-electron chi connectivity index (χ1n) is 9.40. The lowest BCUT2D eigenvalue weighted by Crippen LogP contribution is -2.32. The summed E-state index contributed by atoms with van der Waals surface area (Å²) in [6.45, 7) is 7.65. The molecule has 0 atom stereocenters. The Labute approximate surface area is 154 Å². The minimum atomic E-state index is 0.487. The Morgan fingerprint density at radius 1 is 1.15 bits per heavy atom. The maximum absolute atomic E-state index is 4.46. The third-order valence-electron chi connectivity index (χ3n) is 5.26. The average molecular weight is 350 g/mol. The molecule has 136 valence electrons. The monoisotopic (exact) mass is 350 g/mol. The smallest absolute Gasteiger partial charge is 0.138 e. The Hall–Kier alpha value is -2.47. The maximum atomic E-state index is 4.46. The number of hydrogen-bond acceptors (Lipinski definition) is 4. The van der Waals surface area contributed by atoms with Gasteiger partial charge in [0.05, 0.1) is 11.4 Å². The van der Waals surface area contributed by atoms with Crippen LogP contribution in [0.5, 0.6) is 0 Å². The van der Waals surface area contributed by atoms with Gasteiger partial charge in [-0.2, -0.15) is 10.2 Å². The molecule has 0 unspecified atom stereocenters. The molecular weight excluding hydrogens is 324 g/mol. The van der Waals surface area contributed by atoms with Crippen LogP contribution < -0.4 is 0 Å². The summed E-state index contributed by atoms with van der Waals surface area (Å²) in [6.07, 6.45) is 5.66. The molecule has 1 aliphatic rings. The summed E-state index contributed by atoms with van der Waals surface area (Å²) >= 11 is 0. The van der Waals surface area contributed by atoms with Gasteiger partial charge in [0.25, 0.3) is 0 Å². The molecule has 6 nitrogen and oxygen atoms in total. The summed E-state index contributed by atoms with van der Waals surface area (Å²) in [5, 5.41) is 11.9. The summed E-state index contributed by atoms with van der Waals surface area (Å²) < 4.78 is 1.78. The number of piperidine rings is 1. The highest BCUT2D eigenvalue weighted by Crippen LogP contribution is 2.29. The predicted molar refractivity (Wildman–Crippen MR) is 101 cm³/mol. The van der Waals surface area contributed by atoms with Crippen molar-refractivity contribution in [3.63, 3.8) is 0 Å². The highest BCUT2D eigenvalue weighted by atomic mass is 15.3. The van der Waals surface area contributed by atoms with E-state index in [0.29, 0.717) is 11.8 Å². The minimum absolute atomic E-state index is 0.487. The molecule has 0 amide bonds. The lowest BCUT2D eigenvalue weighted by molar-refractivity contribution is 0.203. The van der Waals surface area contributed by atoms with E-state index in [1.807, 2.05) is 0 Å². The van der Waals surface area contributed by atoms with Crippen LogP contribution in [-0.4, -0.2) is 43.0 Å². The van der Waals surface area contributed by atoms with E-state index in [1.54, 1.807) is 17.3 Å². The predicted octanol–water partition coefficient (Wildman–Crippen LogP) is 3.49. The highest BCUT2D eigenvalue weighted by Gasteiger charge is 2.22. The van der Waals surface area contributed by atoms with E-state index < -0.39 is 0 Å². The number of aromatic nitrogens is 5. The average Bonchev–Trinajstić information content (AvgIpc) is 3.35. The summed E-state index contributed by atoms with van der Waals surface area (Å²) in [7, 11) is 0. The molecule has 0 spiro atoms. The molecule has 0 radical (unpaired) electrons. The Balaban J connectivity index is 1.32. The molecule has 26 heavy (non-hydrogen) atoms. The van der Waals surface area contributed by atoms with E-state index in [1.165, 1.54) is 29.8 Å². The molecule has 2 aromatic heterocycles. The Morgan fingerprint density at radius 2 is 1.92 bits per heavy atom. The van der Waals surface area contributed by atoms with Crippen molar-refractivity contribution in [3.8, 4) is 5.69 Å². The van der Waals surface area contributed by atoms with E-state index in [2.05, 4.69) is 69.4 Å². The molecule has 4 rings (SSSR count). The van der Waals surface area contributed by atoms with Gasteiger partial charge in [-0.15, -0.1) is 0 Å². The molecule has 0 aliphatic carbocycles. The Bertz CT molecular complexity index is 810. The number of likely N-dealkylation sites (tertiary alicyclic amines) is 1. The fourth-order valence-electron chi connectivity index (χ4n) is 3.61. The largest absolute Gasteiger partial charge is 0.299 e. The molecule has 1 aliphatic heterocycles. The van der Waals surface area contributed by atoms with Crippen molar-refractivity contribution in [2.45, 2.75) is 45.1 Å². The van der Waals surface area contributed by atoms with Crippen molar-refractivity contribution in [2.24, 2.45) is 0 Å². The van der Waals surface area contributed by atoms with Gasteiger partial charge in [-0.05, 0) is 55.6 Å². The van der Waals surface area contributed by atoms with Crippen LogP contribution in [0.15, 0.2) is 43.0 Å². The molecule has 3 heterocycles. The number of hydrogen-bond donors (Lipinski definition) is 1. The molecule has 1 N–H and O–H groups in total. The minimum Gasteiger partial charge on any atom is -0.299 e. The van der Waals surface area contributed by atoms with Crippen LogP contribution in [0.1, 0.15) is 55.5 Å². The normalized spacial score (nSPS) is 16.4. The zero-order valence-electron chi connectivity index (χ0n) is 15.5. The van der Waals surface area contributed by atoms with Gasteiger partial charge < -0.3 is 0 Å². The third-order valence-corrected chi connectivity index (χ3v) is 5.26. The SMILES string of the molecule is CC(C)c1cc(C2CCN(Cc3ccc(-n4cncn4)cc3)CC2)[nH]n1. The quantitative estimate of drug-likeness (QED) is 0.765. The number of nitrogens with zero attached hydrogens (tertiary/aromatic N) is 5. The van der Waals surface area contributed by atoms with Crippen molar-refractivity contribution in [3.05, 3.63) is 59.9 Å². The topological polar surface area (TPSA) is 62.6 Å².